The molecule has 5 rings (SSSR count). The first kappa shape index (κ1) is 19.1. The van der Waals surface area contributed by atoms with Crippen LogP contribution in [0, 0.1) is 0 Å². The summed E-state index contributed by atoms with van der Waals surface area (Å²) in [4.78, 5) is 23.7. The number of hydrogen-bond acceptors (Lipinski definition) is 7. The van der Waals surface area contributed by atoms with Crippen molar-refractivity contribution in [3.05, 3.63) is 71.3 Å². The van der Waals surface area contributed by atoms with Gasteiger partial charge in [0.1, 0.15) is 0 Å². The topological polar surface area (TPSA) is 73.8 Å². The van der Waals surface area contributed by atoms with Crippen LogP contribution in [-0.2, 0) is 6.54 Å². The Kier molecular flexibility index (Phi) is 4.58. The van der Waals surface area contributed by atoms with E-state index in [1.54, 1.807) is 46.0 Å². The Balaban J connectivity index is 1.78. The van der Waals surface area contributed by atoms with Crippen LogP contribution in [0.15, 0.2) is 49.1 Å². The van der Waals surface area contributed by atoms with Gasteiger partial charge in [0.05, 0.1) is 33.6 Å². The zero-order valence-electron chi connectivity index (χ0n) is 17.5. The third kappa shape index (κ3) is 2.92. The van der Waals surface area contributed by atoms with Crippen LogP contribution in [0.4, 0.5) is 5.69 Å². The van der Waals surface area contributed by atoms with Crippen LogP contribution in [0.2, 0.25) is 0 Å². The lowest BCUT2D eigenvalue weighted by Gasteiger charge is -2.38. The average Bonchev–Trinajstić information content (AvgIpc) is 2.82. The van der Waals surface area contributed by atoms with Gasteiger partial charge in [0.15, 0.2) is 17.3 Å². The lowest BCUT2D eigenvalue weighted by Crippen LogP contribution is -2.30. The molecular weight excluding hydrogens is 394 g/mol. The van der Waals surface area contributed by atoms with Gasteiger partial charge in [0.25, 0.3) is 0 Å². The molecule has 0 amide bonds. The van der Waals surface area contributed by atoms with E-state index in [4.69, 9.17) is 14.2 Å². The highest BCUT2D eigenvalue weighted by molar-refractivity contribution is 6.17. The van der Waals surface area contributed by atoms with E-state index in [0.717, 1.165) is 33.6 Å². The van der Waals surface area contributed by atoms with Crippen molar-refractivity contribution in [3.63, 3.8) is 0 Å². The predicted octanol–water partition coefficient (Wildman–Crippen LogP) is 3.98. The van der Waals surface area contributed by atoms with Crippen molar-refractivity contribution >= 4 is 22.7 Å². The smallest absolute Gasteiger partial charge is 0.203 e. The highest BCUT2D eigenvalue weighted by atomic mass is 16.5. The second-order valence-corrected chi connectivity index (χ2v) is 7.35. The molecule has 0 fully saturated rings. The molecule has 0 spiro atoms. The number of aromatic nitrogens is 2. The molecule has 3 heterocycles. The molecule has 0 N–H and O–H groups in total. The first-order chi connectivity index (χ1) is 15.2. The third-order valence-electron chi connectivity index (χ3n) is 5.79. The molecule has 0 saturated carbocycles. The molecule has 1 aliphatic heterocycles. The lowest BCUT2D eigenvalue weighted by molar-refractivity contribution is 0.0996. The highest BCUT2D eigenvalue weighted by Gasteiger charge is 2.35. The van der Waals surface area contributed by atoms with Crippen LogP contribution in [0.3, 0.4) is 0 Å². The van der Waals surface area contributed by atoms with Gasteiger partial charge in [-0.15, -0.1) is 0 Å². The van der Waals surface area contributed by atoms with Gasteiger partial charge in [-0.3, -0.25) is 14.8 Å². The molecule has 0 bridgehead atoms. The molecule has 1 aromatic carbocycles. The maximum Gasteiger partial charge on any atom is 0.203 e. The molecule has 2 aromatic heterocycles. The van der Waals surface area contributed by atoms with Crippen molar-refractivity contribution in [2.75, 3.05) is 26.2 Å². The zero-order chi connectivity index (χ0) is 21.5. The quantitative estimate of drug-likeness (QED) is 0.638. The molecule has 0 saturated heterocycles. The molecule has 156 valence electrons. The Labute approximate surface area is 179 Å². The second-order valence-electron chi connectivity index (χ2n) is 7.35. The molecule has 3 aromatic rings. The number of benzene rings is 1. The van der Waals surface area contributed by atoms with E-state index < -0.39 is 0 Å². The number of ketones is 1. The Morgan fingerprint density at radius 1 is 0.871 bits per heavy atom. The fourth-order valence-corrected chi connectivity index (χ4v) is 4.40. The maximum absolute atomic E-state index is 12.9. The van der Waals surface area contributed by atoms with Gasteiger partial charge in [0, 0.05) is 60.2 Å². The number of nitrogens with zero attached hydrogens (tertiary/aromatic N) is 3. The molecule has 7 heteroatoms. The Morgan fingerprint density at radius 2 is 1.55 bits per heavy atom. The molecule has 31 heavy (non-hydrogen) atoms. The molecule has 2 aliphatic rings. The number of rotatable bonds is 4. The minimum absolute atomic E-state index is 0.0886. The number of carbonyl (C=O) groups excluding carboxylic acids is 1. The average molecular weight is 415 g/mol. The summed E-state index contributed by atoms with van der Waals surface area (Å²) < 4.78 is 16.6. The van der Waals surface area contributed by atoms with E-state index in [-0.39, 0.29) is 5.78 Å². The lowest BCUT2D eigenvalue weighted by atomic mass is 9.82. The number of hydrogen-bond donors (Lipinski definition) is 0. The normalized spacial score (nSPS) is 14.5. The number of Topliss-reactive ketones (excluding diaryl/α,β-unsaturated/α-hetero) is 1. The summed E-state index contributed by atoms with van der Waals surface area (Å²) >= 11 is 0. The van der Waals surface area contributed by atoms with E-state index in [0.29, 0.717) is 35.8 Å². The summed E-state index contributed by atoms with van der Waals surface area (Å²) in [7, 11) is 4.78. The van der Waals surface area contributed by atoms with Gasteiger partial charge >= 0.3 is 0 Å². The SMILES string of the molecule is COc1cc(N2Cc3cnccc3C3=C2c2cnccc2C(=O)C3)cc(OC)c1OC. The number of carbonyl (C=O) groups is 1. The summed E-state index contributed by atoms with van der Waals surface area (Å²) in [5.41, 5.74) is 6.42. The zero-order valence-corrected chi connectivity index (χ0v) is 17.5. The van der Waals surface area contributed by atoms with Crippen LogP contribution in [0.25, 0.3) is 11.3 Å². The molecule has 0 radical (unpaired) electrons. The summed E-state index contributed by atoms with van der Waals surface area (Å²) in [5.74, 6) is 1.75. The minimum Gasteiger partial charge on any atom is -0.493 e. The fraction of sp³-hybridized carbons (Fsp3) is 0.208. The van der Waals surface area contributed by atoms with Gasteiger partial charge in [0.2, 0.25) is 5.75 Å². The van der Waals surface area contributed by atoms with Gasteiger partial charge in [-0.25, -0.2) is 0 Å². The molecule has 7 nitrogen and oxygen atoms in total. The summed E-state index contributed by atoms with van der Waals surface area (Å²) in [6.45, 7) is 0.586. The molecule has 1 aliphatic carbocycles. The summed E-state index contributed by atoms with van der Waals surface area (Å²) in [5, 5.41) is 0. The number of pyridine rings is 2. The Hall–Kier alpha value is -3.87. The van der Waals surface area contributed by atoms with Gasteiger partial charge < -0.3 is 19.1 Å². The van der Waals surface area contributed by atoms with Gasteiger partial charge in [-0.1, -0.05) is 0 Å². The van der Waals surface area contributed by atoms with Crippen molar-refractivity contribution in [1.82, 2.24) is 9.97 Å². The first-order valence-corrected chi connectivity index (χ1v) is 9.87. The number of ether oxygens (including phenoxy) is 3. The van der Waals surface area contributed by atoms with Gasteiger partial charge in [-0.05, 0) is 28.8 Å². The second kappa shape index (κ2) is 7.43. The fourth-order valence-electron chi connectivity index (χ4n) is 4.40. The minimum atomic E-state index is 0.0886. The summed E-state index contributed by atoms with van der Waals surface area (Å²) in [6, 6.07) is 7.60. The van der Waals surface area contributed by atoms with Crippen LogP contribution in [-0.4, -0.2) is 37.1 Å². The van der Waals surface area contributed by atoms with E-state index in [1.165, 1.54) is 0 Å². The van der Waals surface area contributed by atoms with Crippen molar-refractivity contribution in [2.45, 2.75) is 13.0 Å². The predicted molar refractivity (Wildman–Crippen MR) is 117 cm³/mol. The van der Waals surface area contributed by atoms with Crippen LogP contribution < -0.4 is 19.1 Å². The van der Waals surface area contributed by atoms with Crippen molar-refractivity contribution in [1.29, 1.82) is 0 Å². The van der Waals surface area contributed by atoms with E-state index in [1.807, 2.05) is 24.4 Å². The van der Waals surface area contributed by atoms with Crippen molar-refractivity contribution in [2.24, 2.45) is 0 Å². The third-order valence-corrected chi connectivity index (χ3v) is 5.79. The van der Waals surface area contributed by atoms with E-state index in [2.05, 4.69) is 14.9 Å². The van der Waals surface area contributed by atoms with Crippen LogP contribution >= 0.6 is 0 Å². The van der Waals surface area contributed by atoms with Crippen molar-refractivity contribution < 1.29 is 19.0 Å². The molecule has 0 atom stereocenters. The summed E-state index contributed by atoms with van der Waals surface area (Å²) in [6.07, 6.45) is 7.37. The van der Waals surface area contributed by atoms with Gasteiger partial charge in [-0.2, -0.15) is 0 Å². The maximum atomic E-state index is 12.9. The van der Waals surface area contributed by atoms with Crippen LogP contribution in [0.5, 0.6) is 17.2 Å². The molecule has 0 unspecified atom stereocenters. The standard InChI is InChI=1S/C24H21N3O4/c1-29-21-8-15(9-22(30-2)24(21)31-3)27-13-14-11-25-6-4-16(14)18-10-20(28)17-5-7-26-12-19(17)23(18)27/h4-9,11-12H,10,13H2,1-3H3. The van der Waals surface area contributed by atoms with Crippen LogP contribution in [0.1, 0.15) is 33.5 Å². The number of anilines is 1. The number of methoxy groups -OCH3 is 3. The van der Waals surface area contributed by atoms with E-state index in [9.17, 15) is 4.79 Å². The monoisotopic (exact) mass is 415 g/mol. The molecular formula is C24H21N3O4. The Morgan fingerprint density at radius 3 is 2.23 bits per heavy atom. The first-order valence-electron chi connectivity index (χ1n) is 9.87. The van der Waals surface area contributed by atoms with Crippen molar-refractivity contribution in [3.8, 4) is 17.2 Å². The highest BCUT2D eigenvalue weighted by Crippen LogP contribution is 2.48. The largest absolute Gasteiger partial charge is 0.493 e. The number of fused-ring (bicyclic) bond motifs is 4. The van der Waals surface area contributed by atoms with E-state index >= 15 is 0 Å². The number of allylic oxidation sites excluding steroid dienone is 1. The Bertz CT molecular complexity index is 1210.